The highest BCUT2D eigenvalue weighted by molar-refractivity contribution is 5.36. The van der Waals surface area contributed by atoms with Crippen LogP contribution in [0.4, 0.5) is 0 Å². The molecule has 1 atom stereocenters. The molecule has 104 valence electrons. The van der Waals surface area contributed by atoms with Crippen molar-refractivity contribution >= 4 is 0 Å². The summed E-state index contributed by atoms with van der Waals surface area (Å²) in [7, 11) is 0. The molecule has 20 heavy (non-hydrogen) atoms. The van der Waals surface area contributed by atoms with Crippen LogP contribution in [0.2, 0.25) is 0 Å². The predicted octanol–water partition coefficient (Wildman–Crippen LogP) is 4.08. The summed E-state index contributed by atoms with van der Waals surface area (Å²) in [4.78, 5) is 0. The number of para-hydroxylation sites is 1. The number of ether oxygens (including phenoxy) is 1. The lowest BCUT2D eigenvalue weighted by Crippen LogP contribution is -2.27. The minimum atomic E-state index is 0.440. The molecule has 0 radical (unpaired) electrons. The standard InChI is InChI=1S/C18H21NO/c1-2-8-15(9-3-1)14-20-18-12-5-4-10-16(18)17-11-6-7-13-19-17/h1-5,8-10,12,17,19H,6-7,11,13-14H2. The summed E-state index contributed by atoms with van der Waals surface area (Å²) in [6, 6.07) is 19.2. The van der Waals surface area contributed by atoms with E-state index in [4.69, 9.17) is 4.74 Å². The second kappa shape index (κ2) is 6.58. The van der Waals surface area contributed by atoms with Gasteiger partial charge in [-0.3, -0.25) is 0 Å². The maximum absolute atomic E-state index is 6.04. The summed E-state index contributed by atoms with van der Waals surface area (Å²) in [5.74, 6) is 1.01. The van der Waals surface area contributed by atoms with E-state index in [9.17, 15) is 0 Å². The van der Waals surface area contributed by atoms with Gasteiger partial charge in [0, 0.05) is 11.6 Å². The molecule has 1 heterocycles. The molecule has 0 bridgehead atoms. The summed E-state index contributed by atoms with van der Waals surface area (Å²) in [5, 5.41) is 3.59. The number of benzene rings is 2. The van der Waals surface area contributed by atoms with Crippen LogP contribution in [0.3, 0.4) is 0 Å². The highest BCUT2D eigenvalue weighted by Crippen LogP contribution is 2.30. The fourth-order valence-corrected chi connectivity index (χ4v) is 2.75. The monoisotopic (exact) mass is 267 g/mol. The minimum absolute atomic E-state index is 0.440. The molecule has 0 spiro atoms. The molecular formula is C18H21NO. The van der Waals surface area contributed by atoms with Gasteiger partial charge in [-0.25, -0.2) is 0 Å². The Labute approximate surface area is 120 Å². The third-order valence-electron chi connectivity index (χ3n) is 3.84. The number of piperidine rings is 1. The van der Waals surface area contributed by atoms with Crippen molar-refractivity contribution in [2.24, 2.45) is 0 Å². The molecule has 3 rings (SSSR count). The third kappa shape index (κ3) is 3.20. The van der Waals surface area contributed by atoms with E-state index in [2.05, 4.69) is 35.6 Å². The first kappa shape index (κ1) is 13.2. The maximum atomic E-state index is 6.04. The molecule has 1 aliphatic rings. The van der Waals surface area contributed by atoms with Gasteiger partial charge in [-0.15, -0.1) is 0 Å². The topological polar surface area (TPSA) is 21.3 Å². The average Bonchev–Trinajstić information content (AvgIpc) is 2.55. The van der Waals surface area contributed by atoms with E-state index in [1.165, 1.54) is 30.4 Å². The van der Waals surface area contributed by atoms with Crippen LogP contribution in [0, 0.1) is 0 Å². The molecule has 1 N–H and O–H groups in total. The molecule has 1 unspecified atom stereocenters. The van der Waals surface area contributed by atoms with Gasteiger partial charge in [-0.1, -0.05) is 55.0 Å². The zero-order valence-electron chi connectivity index (χ0n) is 11.7. The van der Waals surface area contributed by atoms with Gasteiger partial charge in [-0.2, -0.15) is 0 Å². The Morgan fingerprint density at radius 3 is 2.55 bits per heavy atom. The van der Waals surface area contributed by atoms with Gasteiger partial charge in [-0.05, 0) is 31.0 Å². The van der Waals surface area contributed by atoms with Crippen LogP contribution in [-0.2, 0) is 6.61 Å². The lowest BCUT2D eigenvalue weighted by Gasteiger charge is -2.25. The van der Waals surface area contributed by atoms with Gasteiger partial charge in [0.05, 0.1) is 0 Å². The van der Waals surface area contributed by atoms with Crippen LogP contribution < -0.4 is 10.1 Å². The fraction of sp³-hybridized carbons (Fsp3) is 0.333. The molecule has 0 aromatic heterocycles. The normalized spacial score (nSPS) is 18.7. The number of rotatable bonds is 4. The Kier molecular flexibility index (Phi) is 4.34. The van der Waals surface area contributed by atoms with E-state index >= 15 is 0 Å². The second-order valence-corrected chi connectivity index (χ2v) is 5.31. The molecule has 2 aromatic rings. The van der Waals surface area contributed by atoms with Crippen molar-refractivity contribution in [1.29, 1.82) is 0 Å². The molecule has 2 aromatic carbocycles. The number of nitrogens with one attached hydrogen (secondary N) is 1. The summed E-state index contributed by atoms with van der Waals surface area (Å²) in [5.41, 5.74) is 2.50. The van der Waals surface area contributed by atoms with Crippen molar-refractivity contribution in [2.45, 2.75) is 31.9 Å². The highest BCUT2D eigenvalue weighted by Gasteiger charge is 2.18. The largest absolute Gasteiger partial charge is 0.489 e. The second-order valence-electron chi connectivity index (χ2n) is 5.31. The van der Waals surface area contributed by atoms with Crippen molar-refractivity contribution in [2.75, 3.05) is 6.54 Å². The van der Waals surface area contributed by atoms with Gasteiger partial charge in [0.15, 0.2) is 0 Å². The Bertz CT molecular complexity index is 532. The van der Waals surface area contributed by atoms with E-state index in [-0.39, 0.29) is 0 Å². The number of hydrogen-bond acceptors (Lipinski definition) is 2. The molecular weight excluding hydrogens is 246 g/mol. The minimum Gasteiger partial charge on any atom is -0.489 e. The van der Waals surface area contributed by atoms with Gasteiger partial charge >= 0.3 is 0 Å². The quantitative estimate of drug-likeness (QED) is 0.901. The van der Waals surface area contributed by atoms with Gasteiger partial charge in [0.2, 0.25) is 0 Å². The van der Waals surface area contributed by atoms with E-state index < -0.39 is 0 Å². The maximum Gasteiger partial charge on any atom is 0.124 e. The summed E-state index contributed by atoms with van der Waals surface area (Å²) >= 11 is 0. The summed E-state index contributed by atoms with van der Waals surface area (Å²) in [6.07, 6.45) is 3.78. The Morgan fingerprint density at radius 1 is 0.950 bits per heavy atom. The highest BCUT2D eigenvalue weighted by atomic mass is 16.5. The number of hydrogen-bond donors (Lipinski definition) is 1. The average molecular weight is 267 g/mol. The molecule has 0 saturated carbocycles. The van der Waals surface area contributed by atoms with Crippen LogP contribution in [-0.4, -0.2) is 6.54 Å². The molecule has 2 nitrogen and oxygen atoms in total. The van der Waals surface area contributed by atoms with Crippen molar-refractivity contribution in [3.63, 3.8) is 0 Å². The Hall–Kier alpha value is -1.80. The lowest BCUT2D eigenvalue weighted by molar-refractivity contribution is 0.294. The fourth-order valence-electron chi connectivity index (χ4n) is 2.75. The van der Waals surface area contributed by atoms with Crippen LogP contribution in [0.5, 0.6) is 5.75 Å². The zero-order chi connectivity index (χ0) is 13.6. The lowest BCUT2D eigenvalue weighted by atomic mass is 9.97. The summed E-state index contributed by atoms with van der Waals surface area (Å²) in [6.45, 7) is 1.74. The first-order valence-corrected chi connectivity index (χ1v) is 7.42. The predicted molar refractivity (Wildman–Crippen MR) is 81.8 cm³/mol. The van der Waals surface area contributed by atoms with Crippen LogP contribution in [0.1, 0.15) is 36.4 Å². The van der Waals surface area contributed by atoms with E-state index in [0.717, 1.165) is 12.3 Å². The molecule has 0 aliphatic carbocycles. The molecule has 1 saturated heterocycles. The first-order valence-electron chi connectivity index (χ1n) is 7.42. The SMILES string of the molecule is c1ccc(COc2ccccc2C2CCCCN2)cc1. The zero-order valence-corrected chi connectivity index (χ0v) is 11.7. The smallest absolute Gasteiger partial charge is 0.124 e. The Balaban J connectivity index is 1.72. The third-order valence-corrected chi connectivity index (χ3v) is 3.84. The summed E-state index contributed by atoms with van der Waals surface area (Å²) < 4.78 is 6.04. The molecule has 1 aliphatic heterocycles. The van der Waals surface area contributed by atoms with Crippen molar-refractivity contribution < 1.29 is 4.74 Å². The molecule has 1 fully saturated rings. The first-order chi connectivity index (χ1) is 9.93. The van der Waals surface area contributed by atoms with Crippen LogP contribution >= 0.6 is 0 Å². The van der Waals surface area contributed by atoms with Crippen molar-refractivity contribution in [1.82, 2.24) is 5.32 Å². The van der Waals surface area contributed by atoms with Crippen LogP contribution in [0.25, 0.3) is 0 Å². The van der Waals surface area contributed by atoms with Crippen molar-refractivity contribution in [3.05, 3.63) is 65.7 Å². The van der Waals surface area contributed by atoms with E-state index in [0.29, 0.717) is 12.6 Å². The van der Waals surface area contributed by atoms with Gasteiger partial charge in [0.1, 0.15) is 12.4 Å². The van der Waals surface area contributed by atoms with Crippen molar-refractivity contribution in [3.8, 4) is 5.75 Å². The van der Waals surface area contributed by atoms with Gasteiger partial charge < -0.3 is 10.1 Å². The van der Waals surface area contributed by atoms with Gasteiger partial charge in [0.25, 0.3) is 0 Å². The van der Waals surface area contributed by atoms with E-state index in [1.54, 1.807) is 0 Å². The van der Waals surface area contributed by atoms with Crippen LogP contribution in [0.15, 0.2) is 54.6 Å². The Morgan fingerprint density at radius 2 is 1.75 bits per heavy atom. The molecule has 0 amide bonds. The molecule has 2 heteroatoms. The van der Waals surface area contributed by atoms with E-state index in [1.807, 2.05) is 24.3 Å².